The van der Waals surface area contributed by atoms with Gasteiger partial charge in [-0.25, -0.2) is 0 Å². The van der Waals surface area contributed by atoms with Gasteiger partial charge in [0.2, 0.25) is 5.91 Å². The van der Waals surface area contributed by atoms with Crippen molar-refractivity contribution in [2.24, 2.45) is 5.73 Å². The van der Waals surface area contributed by atoms with E-state index in [1.807, 2.05) is 0 Å². The summed E-state index contributed by atoms with van der Waals surface area (Å²) in [5, 5.41) is 6.08. The molecule has 6 heteroatoms. The Labute approximate surface area is 118 Å². The summed E-state index contributed by atoms with van der Waals surface area (Å²) in [6.45, 7) is 4.97. The molecule has 0 radical (unpaired) electrons. The Morgan fingerprint density at radius 3 is 2.90 bits per heavy atom. The van der Waals surface area contributed by atoms with Gasteiger partial charge < -0.3 is 16.4 Å². The summed E-state index contributed by atoms with van der Waals surface area (Å²) in [5.41, 5.74) is 6.08. The van der Waals surface area contributed by atoms with E-state index in [-0.39, 0.29) is 5.91 Å². The predicted octanol–water partition coefficient (Wildman–Crippen LogP) is 0.0177. The van der Waals surface area contributed by atoms with Crippen LogP contribution in [-0.4, -0.2) is 48.9 Å². The Kier molecular flexibility index (Phi) is 4.70. The highest BCUT2D eigenvalue weighted by Crippen LogP contribution is 2.14. The first-order valence-electron chi connectivity index (χ1n) is 6.70. The summed E-state index contributed by atoms with van der Waals surface area (Å²) in [5.74, 6) is -0.676. The fourth-order valence-electron chi connectivity index (χ4n) is 2.36. The van der Waals surface area contributed by atoms with Gasteiger partial charge in [0.1, 0.15) is 0 Å². The maximum atomic E-state index is 12.0. The third kappa shape index (κ3) is 3.79. The Hall–Kier alpha value is -1.92. The molecular formula is C14H20N4O2. The second-order valence-corrected chi connectivity index (χ2v) is 5.05. The van der Waals surface area contributed by atoms with Crippen molar-refractivity contribution >= 4 is 17.5 Å². The third-order valence-electron chi connectivity index (χ3n) is 3.29. The molecule has 6 nitrogen and oxygen atoms in total. The van der Waals surface area contributed by atoms with Gasteiger partial charge in [0.25, 0.3) is 5.91 Å². The number of hydrogen-bond acceptors (Lipinski definition) is 4. The lowest BCUT2D eigenvalue weighted by Gasteiger charge is -2.31. The second kappa shape index (κ2) is 6.49. The van der Waals surface area contributed by atoms with Crippen LogP contribution in [0.1, 0.15) is 17.3 Å². The lowest BCUT2D eigenvalue weighted by Crippen LogP contribution is -2.51. The van der Waals surface area contributed by atoms with Crippen molar-refractivity contribution in [2.75, 3.05) is 31.5 Å². The van der Waals surface area contributed by atoms with Crippen LogP contribution in [-0.2, 0) is 4.79 Å². The number of carbonyl (C=O) groups excluding carboxylic acids is 2. The first kappa shape index (κ1) is 14.5. The van der Waals surface area contributed by atoms with E-state index in [1.165, 1.54) is 0 Å². The fourth-order valence-corrected chi connectivity index (χ4v) is 2.36. The number of primary amides is 1. The quantitative estimate of drug-likeness (QED) is 0.723. The minimum atomic E-state index is -0.545. The van der Waals surface area contributed by atoms with Gasteiger partial charge in [-0.05, 0) is 19.1 Å². The van der Waals surface area contributed by atoms with E-state index >= 15 is 0 Å². The molecule has 1 aromatic rings. The van der Waals surface area contributed by atoms with E-state index in [0.717, 1.165) is 19.6 Å². The number of piperazine rings is 1. The number of rotatable bonds is 4. The van der Waals surface area contributed by atoms with Crippen molar-refractivity contribution in [2.45, 2.75) is 13.0 Å². The van der Waals surface area contributed by atoms with Gasteiger partial charge in [-0.15, -0.1) is 0 Å². The van der Waals surface area contributed by atoms with E-state index in [9.17, 15) is 9.59 Å². The zero-order valence-electron chi connectivity index (χ0n) is 11.6. The van der Waals surface area contributed by atoms with Crippen molar-refractivity contribution < 1.29 is 9.59 Å². The number of nitrogens with zero attached hydrogens (tertiary/aromatic N) is 1. The Bertz CT molecular complexity index is 504. The first-order chi connectivity index (χ1) is 9.56. The van der Waals surface area contributed by atoms with Gasteiger partial charge in [-0.3, -0.25) is 14.5 Å². The standard InChI is InChI=1S/C14H20N4O2/c1-10-8-18(7-6-16-10)9-13(19)17-12-5-3-2-4-11(12)14(15)20/h2-5,10,16H,6-9H2,1H3,(H2,15,20)(H,17,19)/t10-/m1/s1. The number of nitrogens with one attached hydrogen (secondary N) is 2. The summed E-state index contributed by atoms with van der Waals surface area (Å²) in [6.07, 6.45) is 0. The normalized spacial score (nSPS) is 19.6. The number of benzene rings is 1. The van der Waals surface area contributed by atoms with Gasteiger partial charge >= 0.3 is 0 Å². The van der Waals surface area contributed by atoms with Crippen LogP contribution in [0.25, 0.3) is 0 Å². The maximum absolute atomic E-state index is 12.0. The maximum Gasteiger partial charge on any atom is 0.250 e. The molecule has 108 valence electrons. The van der Waals surface area contributed by atoms with Gasteiger partial charge in [-0.1, -0.05) is 12.1 Å². The van der Waals surface area contributed by atoms with Gasteiger partial charge in [0, 0.05) is 25.7 Å². The lowest BCUT2D eigenvalue weighted by molar-refractivity contribution is -0.117. The molecule has 1 aromatic carbocycles. The Balaban J connectivity index is 1.96. The van der Waals surface area contributed by atoms with Crippen molar-refractivity contribution in [3.8, 4) is 0 Å². The zero-order valence-corrected chi connectivity index (χ0v) is 11.6. The number of carbonyl (C=O) groups is 2. The summed E-state index contributed by atoms with van der Waals surface area (Å²) in [6, 6.07) is 7.14. The van der Waals surface area contributed by atoms with E-state index in [1.54, 1.807) is 24.3 Å². The van der Waals surface area contributed by atoms with E-state index in [2.05, 4.69) is 22.5 Å². The molecule has 1 fully saturated rings. The van der Waals surface area contributed by atoms with E-state index < -0.39 is 5.91 Å². The van der Waals surface area contributed by atoms with Crippen molar-refractivity contribution in [3.63, 3.8) is 0 Å². The highest BCUT2D eigenvalue weighted by molar-refractivity contribution is 6.03. The second-order valence-electron chi connectivity index (χ2n) is 5.05. The monoisotopic (exact) mass is 276 g/mol. The van der Waals surface area contributed by atoms with Gasteiger partial charge in [0.15, 0.2) is 0 Å². The van der Waals surface area contributed by atoms with Crippen LogP contribution < -0.4 is 16.4 Å². The molecule has 4 N–H and O–H groups in total. The van der Waals surface area contributed by atoms with Crippen molar-refractivity contribution in [1.82, 2.24) is 10.2 Å². The van der Waals surface area contributed by atoms with Crippen LogP contribution in [0.4, 0.5) is 5.69 Å². The largest absolute Gasteiger partial charge is 0.366 e. The summed E-state index contributed by atoms with van der Waals surface area (Å²) >= 11 is 0. The Morgan fingerprint density at radius 1 is 1.45 bits per heavy atom. The molecule has 0 saturated carbocycles. The summed E-state index contributed by atoms with van der Waals surface area (Å²) in [4.78, 5) is 25.4. The minimum absolute atomic E-state index is 0.132. The number of hydrogen-bond donors (Lipinski definition) is 3. The molecule has 2 rings (SSSR count). The summed E-state index contributed by atoms with van der Waals surface area (Å²) < 4.78 is 0. The van der Waals surface area contributed by atoms with E-state index in [0.29, 0.717) is 23.8 Å². The van der Waals surface area contributed by atoms with Crippen LogP contribution in [0.15, 0.2) is 24.3 Å². The molecule has 0 aliphatic carbocycles. The smallest absolute Gasteiger partial charge is 0.250 e. The van der Waals surface area contributed by atoms with Crippen LogP contribution in [0.2, 0.25) is 0 Å². The lowest BCUT2D eigenvalue weighted by atomic mass is 10.1. The van der Waals surface area contributed by atoms with Crippen LogP contribution in [0, 0.1) is 0 Å². The molecule has 1 atom stereocenters. The SMILES string of the molecule is C[C@@H]1CN(CC(=O)Nc2ccccc2C(N)=O)CCN1. The average Bonchev–Trinajstić information content (AvgIpc) is 2.38. The molecule has 0 spiro atoms. The Morgan fingerprint density at radius 2 is 2.20 bits per heavy atom. The molecule has 1 aliphatic heterocycles. The van der Waals surface area contributed by atoms with Gasteiger partial charge in [0.05, 0.1) is 17.8 Å². The first-order valence-corrected chi connectivity index (χ1v) is 6.70. The van der Waals surface area contributed by atoms with Crippen molar-refractivity contribution in [1.29, 1.82) is 0 Å². The number of anilines is 1. The molecule has 1 aliphatic rings. The van der Waals surface area contributed by atoms with Crippen LogP contribution in [0.3, 0.4) is 0 Å². The molecule has 1 heterocycles. The molecule has 0 aromatic heterocycles. The third-order valence-corrected chi connectivity index (χ3v) is 3.29. The highest BCUT2D eigenvalue weighted by Gasteiger charge is 2.18. The fraction of sp³-hybridized carbons (Fsp3) is 0.429. The highest BCUT2D eigenvalue weighted by atomic mass is 16.2. The van der Waals surface area contributed by atoms with Crippen LogP contribution >= 0.6 is 0 Å². The average molecular weight is 276 g/mol. The van der Waals surface area contributed by atoms with Crippen LogP contribution in [0.5, 0.6) is 0 Å². The molecular weight excluding hydrogens is 256 g/mol. The molecule has 2 amide bonds. The van der Waals surface area contributed by atoms with E-state index in [4.69, 9.17) is 5.73 Å². The number of amides is 2. The molecule has 1 saturated heterocycles. The zero-order chi connectivity index (χ0) is 14.5. The molecule has 0 bridgehead atoms. The van der Waals surface area contributed by atoms with Crippen molar-refractivity contribution in [3.05, 3.63) is 29.8 Å². The van der Waals surface area contributed by atoms with Gasteiger partial charge in [-0.2, -0.15) is 0 Å². The summed E-state index contributed by atoms with van der Waals surface area (Å²) in [7, 11) is 0. The minimum Gasteiger partial charge on any atom is -0.366 e. The topological polar surface area (TPSA) is 87.5 Å². The number of nitrogens with two attached hydrogens (primary N) is 1. The number of para-hydroxylation sites is 1. The molecule has 20 heavy (non-hydrogen) atoms. The molecule has 0 unspecified atom stereocenters. The predicted molar refractivity (Wildman–Crippen MR) is 77.5 cm³/mol.